The van der Waals surface area contributed by atoms with Gasteiger partial charge in [-0.1, -0.05) is 27.7 Å². The first kappa shape index (κ1) is 15.0. The largest absolute Gasteiger partial charge is 0.308 e. The third-order valence-electron chi connectivity index (χ3n) is 4.83. The summed E-state index contributed by atoms with van der Waals surface area (Å²) in [5.41, 5.74) is 1.39. The smallest absolute Gasteiger partial charge is 0.113 e. The van der Waals surface area contributed by atoms with Gasteiger partial charge in [0, 0.05) is 5.38 Å². The molecule has 1 aliphatic rings. The van der Waals surface area contributed by atoms with Gasteiger partial charge in [-0.15, -0.1) is 11.3 Å². The quantitative estimate of drug-likeness (QED) is 0.876. The summed E-state index contributed by atoms with van der Waals surface area (Å²) in [7, 11) is 2.10. The molecule has 0 aromatic carbocycles. The summed E-state index contributed by atoms with van der Waals surface area (Å²) >= 11 is 1.84. The molecule has 1 fully saturated rings. The van der Waals surface area contributed by atoms with E-state index in [2.05, 4.69) is 45.4 Å². The summed E-state index contributed by atoms with van der Waals surface area (Å²) in [5, 5.41) is 7.14. The van der Waals surface area contributed by atoms with Crippen molar-refractivity contribution in [3.8, 4) is 0 Å². The Morgan fingerprint density at radius 3 is 2.32 bits per heavy atom. The SMILES string of the molecule is CNC1(c2nc(C(C)C)cs2)CCC(C(C)C)CC1. The molecule has 1 N–H and O–H groups in total. The number of hydrogen-bond acceptors (Lipinski definition) is 3. The number of aromatic nitrogens is 1. The van der Waals surface area contributed by atoms with Gasteiger partial charge < -0.3 is 5.32 Å². The predicted octanol–water partition coefficient (Wildman–Crippen LogP) is 4.53. The number of thiazole rings is 1. The van der Waals surface area contributed by atoms with Crippen LogP contribution >= 0.6 is 11.3 Å². The number of nitrogens with zero attached hydrogens (tertiary/aromatic N) is 1. The molecule has 0 unspecified atom stereocenters. The zero-order valence-electron chi connectivity index (χ0n) is 13.0. The Labute approximate surface area is 122 Å². The van der Waals surface area contributed by atoms with Gasteiger partial charge in [0.05, 0.1) is 11.2 Å². The Morgan fingerprint density at radius 1 is 1.26 bits per heavy atom. The third-order valence-corrected chi connectivity index (χ3v) is 5.89. The molecule has 19 heavy (non-hydrogen) atoms. The van der Waals surface area contributed by atoms with E-state index in [1.807, 2.05) is 11.3 Å². The lowest BCUT2D eigenvalue weighted by atomic mass is 9.73. The van der Waals surface area contributed by atoms with Crippen LogP contribution in [0.25, 0.3) is 0 Å². The van der Waals surface area contributed by atoms with Crippen LogP contribution in [-0.2, 0) is 5.54 Å². The summed E-state index contributed by atoms with van der Waals surface area (Å²) < 4.78 is 0. The maximum absolute atomic E-state index is 4.90. The molecule has 0 amide bonds. The van der Waals surface area contributed by atoms with E-state index in [1.54, 1.807) is 0 Å². The summed E-state index contributed by atoms with van der Waals surface area (Å²) in [4.78, 5) is 4.90. The molecule has 2 nitrogen and oxygen atoms in total. The Balaban J connectivity index is 2.15. The molecule has 1 aliphatic carbocycles. The van der Waals surface area contributed by atoms with E-state index in [0.29, 0.717) is 5.92 Å². The van der Waals surface area contributed by atoms with Gasteiger partial charge in [-0.3, -0.25) is 0 Å². The lowest BCUT2D eigenvalue weighted by molar-refractivity contribution is 0.168. The molecule has 1 aromatic heterocycles. The average molecular weight is 280 g/mol. The molecule has 0 bridgehead atoms. The highest BCUT2D eigenvalue weighted by Crippen LogP contribution is 2.42. The van der Waals surface area contributed by atoms with E-state index >= 15 is 0 Å². The van der Waals surface area contributed by atoms with Crippen LogP contribution in [0.15, 0.2) is 5.38 Å². The summed E-state index contributed by atoms with van der Waals surface area (Å²) in [6, 6.07) is 0. The van der Waals surface area contributed by atoms with Crippen molar-refractivity contribution in [1.82, 2.24) is 10.3 Å². The van der Waals surface area contributed by atoms with Crippen molar-refractivity contribution in [2.45, 2.75) is 64.8 Å². The first-order valence-corrected chi connectivity index (χ1v) is 8.51. The molecule has 0 atom stereocenters. The minimum absolute atomic E-state index is 0.142. The fraction of sp³-hybridized carbons (Fsp3) is 0.812. The summed E-state index contributed by atoms with van der Waals surface area (Å²) in [5.74, 6) is 2.24. The summed E-state index contributed by atoms with van der Waals surface area (Å²) in [6.07, 6.45) is 5.12. The molecule has 108 valence electrons. The van der Waals surface area contributed by atoms with Crippen molar-refractivity contribution in [2.24, 2.45) is 11.8 Å². The highest BCUT2D eigenvalue weighted by Gasteiger charge is 2.38. The van der Waals surface area contributed by atoms with Crippen molar-refractivity contribution in [2.75, 3.05) is 7.05 Å². The van der Waals surface area contributed by atoms with Gasteiger partial charge in [0.25, 0.3) is 0 Å². The maximum Gasteiger partial charge on any atom is 0.113 e. The van der Waals surface area contributed by atoms with Gasteiger partial charge >= 0.3 is 0 Å². The third kappa shape index (κ3) is 3.03. The second kappa shape index (κ2) is 5.92. The molecule has 1 aromatic rings. The van der Waals surface area contributed by atoms with E-state index in [-0.39, 0.29) is 5.54 Å². The van der Waals surface area contributed by atoms with Crippen LogP contribution in [0.3, 0.4) is 0 Å². The zero-order valence-corrected chi connectivity index (χ0v) is 13.8. The molecule has 1 heterocycles. The van der Waals surface area contributed by atoms with Crippen LogP contribution in [0.5, 0.6) is 0 Å². The van der Waals surface area contributed by atoms with Gasteiger partial charge in [-0.05, 0) is 50.5 Å². The fourth-order valence-electron chi connectivity index (χ4n) is 3.14. The molecule has 0 aliphatic heterocycles. The Hall–Kier alpha value is -0.410. The van der Waals surface area contributed by atoms with Crippen molar-refractivity contribution >= 4 is 11.3 Å². The van der Waals surface area contributed by atoms with E-state index in [1.165, 1.54) is 36.4 Å². The van der Waals surface area contributed by atoms with Crippen LogP contribution in [0.1, 0.15) is 70.0 Å². The second-order valence-corrected chi connectivity index (χ2v) is 7.50. The Kier molecular flexibility index (Phi) is 4.67. The fourth-order valence-corrected chi connectivity index (χ4v) is 4.39. The molecule has 0 saturated heterocycles. The normalized spacial score (nSPS) is 28.3. The molecule has 2 rings (SSSR count). The van der Waals surface area contributed by atoms with E-state index in [4.69, 9.17) is 4.98 Å². The number of nitrogens with one attached hydrogen (secondary N) is 1. The number of hydrogen-bond donors (Lipinski definition) is 1. The lowest BCUT2D eigenvalue weighted by Gasteiger charge is -2.40. The Morgan fingerprint density at radius 2 is 1.89 bits per heavy atom. The van der Waals surface area contributed by atoms with E-state index < -0.39 is 0 Å². The van der Waals surface area contributed by atoms with E-state index in [9.17, 15) is 0 Å². The van der Waals surface area contributed by atoms with Crippen molar-refractivity contribution in [1.29, 1.82) is 0 Å². The summed E-state index contributed by atoms with van der Waals surface area (Å²) in [6.45, 7) is 9.16. The van der Waals surface area contributed by atoms with Crippen LogP contribution < -0.4 is 5.32 Å². The van der Waals surface area contributed by atoms with Gasteiger partial charge in [-0.2, -0.15) is 0 Å². The molecular weight excluding hydrogens is 252 g/mol. The standard InChI is InChI=1S/C16H28N2S/c1-11(2)13-6-8-16(17-5,9-7-13)15-18-14(10-19-15)12(3)4/h10-13,17H,6-9H2,1-5H3. The number of rotatable bonds is 4. The van der Waals surface area contributed by atoms with E-state index in [0.717, 1.165) is 11.8 Å². The Bertz CT molecular complexity index is 401. The topological polar surface area (TPSA) is 24.9 Å². The van der Waals surface area contributed by atoms with Crippen LogP contribution in [0.4, 0.5) is 0 Å². The molecule has 0 radical (unpaired) electrons. The highest BCUT2D eigenvalue weighted by molar-refractivity contribution is 7.09. The minimum atomic E-state index is 0.142. The van der Waals surface area contributed by atoms with Crippen LogP contribution in [0.2, 0.25) is 0 Å². The van der Waals surface area contributed by atoms with Crippen molar-refractivity contribution in [3.05, 3.63) is 16.1 Å². The minimum Gasteiger partial charge on any atom is -0.308 e. The average Bonchev–Trinajstić information content (AvgIpc) is 2.89. The monoisotopic (exact) mass is 280 g/mol. The second-order valence-electron chi connectivity index (χ2n) is 6.65. The van der Waals surface area contributed by atoms with Crippen LogP contribution in [-0.4, -0.2) is 12.0 Å². The van der Waals surface area contributed by atoms with Gasteiger partial charge in [0.1, 0.15) is 5.01 Å². The molecular formula is C16H28N2S. The predicted molar refractivity (Wildman–Crippen MR) is 83.7 cm³/mol. The van der Waals surface area contributed by atoms with Crippen molar-refractivity contribution < 1.29 is 0 Å². The van der Waals surface area contributed by atoms with Gasteiger partial charge in [0.2, 0.25) is 0 Å². The van der Waals surface area contributed by atoms with Gasteiger partial charge in [-0.25, -0.2) is 4.98 Å². The van der Waals surface area contributed by atoms with Crippen molar-refractivity contribution in [3.63, 3.8) is 0 Å². The molecule has 1 saturated carbocycles. The lowest BCUT2D eigenvalue weighted by Crippen LogP contribution is -2.43. The first-order valence-electron chi connectivity index (χ1n) is 7.63. The maximum atomic E-state index is 4.90. The van der Waals surface area contributed by atoms with Gasteiger partial charge in [0.15, 0.2) is 0 Å². The molecule has 0 spiro atoms. The van der Waals surface area contributed by atoms with Crippen LogP contribution in [0, 0.1) is 11.8 Å². The zero-order chi connectivity index (χ0) is 14.0. The highest BCUT2D eigenvalue weighted by atomic mass is 32.1. The molecule has 3 heteroatoms. The first-order chi connectivity index (χ1) is 8.98.